The maximum Gasteiger partial charge on any atom is 0.188 e. The maximum atomic E-state index is 7.88. The molecular weight excluding hydrogens is 374 g/mol. The summed E-state index contributed by atoms with van der Waals surface area (Å²) in [6, 6.07) is 15.0. The minimum Gasteiger partial charge on any atom is -0.384 e. The second-order valence-electron chi connectivity index (χ2n) is 6.68. The van der Waals surface area contributed by atoms with E-state index in [2.05, 4.69) is 10.6 Å². The van der Waals surface area contributed by atoms with Crippen LogP contribution in [0.5, 0.6) is 0 Å². The molecule has 0 heterocycles. The van der Waals surface area contributed by atoms with Gasteiger partial charge in [0, 0.05) is 24.2 Å². The third-order valence-corrected chi connectivity index (χ3v) is 4.29. The first kappa shape index (κ1) is 22.4. The summed E-state index contributed by atoms with van der Waals surface area (Å²) in [5.74, 6) is 0.451. The summed E-state index contributed by atoms with van der Waals surface area (Å²) >= 11 is 0. The molecule has 2 rings (SSSR count). The molecule has 9 N–H and O–H groups in total. The molecule has 0 aliphatic rings. The van der Waals surface area contributed by atoms with Crippen LogP contribution < -0.4 is 22.1 Å². The number of hydrogen-bond acceptors (Lipinski definition) is 3. The van der Waals surface area contributed by atoms with Crippen LogP contribution in [0, 0.1) is 16.2 Å². The minimum atomic E-state index is 0.0690. The number of rotatable bonds is 10. The van der Waals surface area contributed by atoms with Crippen molar-refractivity contribution in [2.45, 2.75) is 12.8 Å². The molecule has 0 aliphatic carbocycles. The van der Waals surface area contributed by atoms with Crippen LogP contribution in [0.3, 0.4) is 0 Å². The van der Waals surface area contributed by atoms with E-state index in [4.69, 9.17) is 27.7 Å². The number of benzene rings is 2. The lowest BCUT2D eigenvalue weighted by Gasteiger charge is -2.08. The van der Waals surface area contributed by atoms with E-state index in [1.807, 2.05) is 72.8 Å². The quantitative estimate of drug-likeness (QED) is 0.186. The zero-order chi connectivity index (χ0) is 21.8. The highest BCUT2D eigenvalue weighted by molar-refractivity contribution is 5.95. The van der Waals surface area contributed by atoms with E-state index >= 15 is 0 Å². The fourth-order valence-corrected chi connectivity index (χ4v) is 2.61. The van der Waals surface area contributed by atoms with Crippen molar-refractivity contribution in [1.82, 2.24) is 10.6 Å². The van der Waals surface area contributed by atoms with Crippen molar-refractivity contribution in [2.24, 2.45) is 11.5 Å². The Kier molecular flexibility index (Phi) is 8.86. The van der Waals surface area contributed by atoms with Crippen LogP contribution in [0.4, 0.5) is 0 Å². The molecular formula is C23H29N7. The summed E-state index contributed by atoms with van der Waals surface area (Å²) in [5, 5.41) is 28.7. The monoisotopic (exact) mass is 403 g/mol. The van der Waals surface area contributed by atoms with Crippen LogP contribution in [0.1, 0.15) is 35.1 Å². The van der Waals surface area contributed by atoms with E-state index < -0.39 is 0 Å². The van der Waals surface area contributed by atoms with Gasteiger partial charge in [0.2, 0.25) is 0 Å². The molecule has 7 heteroatoms. The van der Waals surface area contributed by atoms with Gasteiger partial charge < -0.3 is 22.1 Å². The van der Waals surface area contributed by atoms with Crippen molar-refractivity contribution >= 4 is 29.8 Å². The number of amidine groups is 2. The molecule has 0 fully saturated rings. The third kappa shape index (κ3) is 8.02. The Morgan fingerprint density at radius 3 is 1.37 bits per heavy atom. The fourth-order valence-electron chi connectivity index (χ4n) is 2.61. The van der Waals surface area contributed by atoms with Gasteiger partial charge in [-0.25, -0.2) is 0 Å². The molecule has 156 valence electrons. The van der Waals surface area contributed by atoms with Gasteiger partial charge in [-0.3, -0.25) is 16.2 Å². The summed E-state index contributed by atoms with van der Waals surface area (Å²) in [6.45, 7) is 1.35. The number of hydrogen-bond donors (Lipinski definition) is 7. The number of nitrogens with two attached hydrogens (primary N) is 2. The highest BCUT2D eigenvalue weighted by Crippen LogP contribution is 2.07. The molecule has 30 heavy (non-hydrogen) atoms. The van der Waals surface area contributed by atoms with E-state index in [-0.39, 0.29) is 11.7 Å². The van der Waals surface area contributed by atoms with Gasteiger partial charge in [-0.15, -0.1) is 0 Å². The lowest BCUT2D eigenvalue weighted by atomic mass is 10.1. The van der Waals surface area contributed by atoms with Crippen molar-refractivity contribution < 1.29 is 0 Å². The van der Waals surface area contributed by atoms with E-state index in [0.717, 1.165) is 24.0 Å². The first-order chi connectivity index (χ1) is 14.5. The van der Waals surface area contributed by atoms with Gasteiger partial charge in [0.05, 0.1) is 0 Å². The van der Waals surface area contributed by atoms with Crippen LogP contribution >= 0.6 is 0 Å². The second kappa shape index (κ2) is 11.9. The second-order valence-corrected chi connectivity index (χ2v) is 6.68. The Hall–Kier alpha value is -3.87. The van der Waals surface area contributed by atoms with Crippen LogP contribution in [0.25, 0.3) is 12.2 Å². The average molecular weight is 404 g/mol. The topological polar surface area (TPSA) is 148 Å². The molecule has 2 aromatic carbocycles. The van der Waals surface area contributed by atoms with Crippen LogP contribution in [0.2, 0.25) is 0 Å². The SMILES string of the molecule is N=C(NCC/C=C/c1ccc(C(=N)N)cc1)NCC/C=C/c1ccc(C(=N)N)cc1. The van der Waals surface area contributed by atoms with Crippen LogP contribution in [0.15, 0.2) is 60.7 Å². The standard InChI is InChI=1S/C23H29N7/c24-21(25)19-11-7-17(8-12-19)5-1-3-15-29-23(28)30-16-4-2-6-18-9-13-20(14-10-18)22(26)27/h1-2,5-14H,3-4,15-16H2,(H3,24,25)(H3,26,27)(H3,28,29,30)/b5-1+,6-2+. The molecule has 0 radical (unpaired) electrons. The Bertz CT molecular complexity index is 834. The average Bonchev–Trinajstić information content (AvgIpc) is 2.74. The first-order valence-electron chi connectivity index (χ1n) is 9.74. The highest BCUT2D eigenvalue weighted by Gasteiger charge is 1.96. The lowest BCUT2D eigenvalue weighted by molar-refractivity contribution is 0.797. The summed E-state index contributed by atoms with van der Waals surface area (Å²) in [7, 11) is 0. The summed E-state index contributed by atoms with van der Waals surface area (Å²) < 4.78 is 0. The van der Waals surface area contributed by atoms with Crippen molar-refractivity contribution in [1.29, 1.82) is 16.2 Å². The largest absolute Gasteiger partial charge is 0.384 e. The van der Waals surface area contributed by atoms with Gasteiger partial charge in [0.15, 0.2) is 5.96 Å². The van der Waals surface area contributed by atoms with E-state index in [0.29, 0.717) is 30.2 Å². The number of guanidine groups is 1. The Morgan fingerprint density at radius 1 is 0.667 bits per heavy atom. The molecule has 0 atom stereocenters. The Morgan fingerprint density at radius 2 is 1.03 bits per heavy atom. The Balaban J connectivity index is 1.58. The maximum absolute atomic E-state index is 7.88. The zero-order valence-corrected chi connectivity index (χ0v) is 16.9. The van der Waals surface area contributed by atoms with Gasteiger partial charge in [-0.05, 0) is 24.0 Å². The molecule has 0 unspecified atom stereocenters. The summed E-state index contributed by atoms with van der Waals surface area (Å²) in [5.41, 5.74) is 14.4. The van der Waals surface area contributed by atoms with E-state index in [1.54, 1.807) is 0 Å². The number of nitrogens with one attached hydrogen (secondary N) is 5. The predicted molar refractivity (Wildman–Crippen MR) is 126 cm³/mol. The van der Waals surface area contributed by atoms with Crippen molar-refractivity contribution in [3.63, 3.8) is 0 Å². The van der Waals surface area contributed by atoms with Crippen molar-refractivity contribution in [3.8, 4) is 0 Å². The zero-order valence-electron chi connectivity index (χ0n) is 16.9. The molecule has 0 amide bonds. The summed E-state index contributed by atoms with van der Waals surface area (Å²) in [4.78, 5) is 0. The van der Waals surface area contributed by atoms with Crippen LogP contribution in [-0.4, -0.2) is 30.7 Å². The van der Waals surface area contributed by atoms with Gasteiger partial charge in [0.25, 0.3) is 0 Å². The van der Waals surface area contributed by atoms with Crippen molar-refractivity contribution in [3.05, 3.63) is 82.9 Å². The van der Waals surface area contributed by atoms with Gasteiger partial charge >= 0.3 is 0 Å². The normalized spacial score (nSPS) is 10.9. The number of nitrogen functional groups attached to an aromatic ring is 2. The lowest BCUT2D eigenvalue weighted by Crippen LogP contribution is -2.37. The highest BCUT2D eigenvalue weighted by atomic mass is 15.1. The first-order valence-corrected chi connectivity index (χ1v) is 9.74. The summed E-state index contributed by atoms with van der Waals surface area (Å²) in [6.07, 6.45) is 9.71. The fraction of sp³-hybridized carbons (Fsp3) is 0.174. The molecule has 0 bridgehead atoms. The van der Waals surface area contributed by atoms with Gasteiger partial charge in [0.1, 0.15) is 11.7 Å². The molecule has 0 saturated carbocycles. The molecule has 0 aromatic heterocycles. The molecule has 0 saturated heterocycles. The molecule has 0 spiro atoms. The van der Waals surface area contributed by atoms with E-state index in [9.17, 15) is 0 Å². The molecule has 2 aromatic rings. The van der Waals surface area contributed by atoms with Crippen molar-refractivity contribution in [2.75, 3.05) is 13.1 Å². The third-order valence-electron chi connectivity index (χ3n) is 4.29. The molecule has 0 aliphatic heterocycles. The van der Waals surface area contributed by atoms with Gasteiger partial charge in [-0.2, -0.15) is 0 Å². The predicted octanol–water partition coefficient (Wildman–Crippen LogP) is 2.88. The minimum absolute atomic E-state index is 0.0690. The molecule has 7 nitrogen and oxygen atoms in total. The van der Waals surface area contributed by atoms with Crippen LogP contribution in [-0.2, 0) is 0 Å². The Labute approximate surface area is 177 Å². The van der Waals surface area contributed by atoms with E-state index in [1.165, 1.54) is 0 Å². The van der Waals surface area contributed by atoms with Gasteiger partial charge in [-0.1, -0.05) is 72.8 Å². The smallest absolute Gasteiger partial charge is 0.188 e.